The summed E-state index contributed by atoms with van der Waals surface area (Å²) in [7, 11) is 0. The Balaban J connectivity index is 1.56. The number of aromatic nitrogens is 1. The molecule has 8 nitrogen and oxygen atoms in total. The predicted octanol–water partition coefficient (Wildman–Crippen LogP) is 5.84. The first-order valence-corrected chi connectivity index (χ1v) is 14.2. The van der Waals surface area contributed by atoms with Crippen molar-refractivity contribution in [3.63, 3.8) is 0 Å². The fourth-order valence-corrected chi connectivity index (χ4v) is 5.97. The Morgan fingerprint density at radius 3 is 2.22 bits per heavy atom. The van der Waals surface area contributed by atoms with E-state index < -0.39 is 29.1 Å². The number of nitrogens with one attached hydrogen (secondary N) is 1. The van der Waals surface area contributed by atoms with Crippen LogP contribution < -0.4 is 5.32 Å². The third kappa shape index (κ3) is 6.69. The SMILES string of the molecule is CC(C)(C)OC(=O)NC1SC2CC(=O)N2C(C(=O)OC(c2ccccc2)c2ccccc2)=C1/C=C\c1cccnc1. The average Bonchev–Trinajstić information content (AvgIpc) is 2.95. The van der Waals surface area contributed by atoms with E-state index >= 15 is 0 Å². The van der Waals surface area contributed by atoms with Gasteiger partial charge < -0.3 is 14.8 Å². The summed E-state index contributed by atoms with van der Waals surface area (Å²) in [6.45, 7) is 5.34. The van der Waals surface area contributed by atoms with Gasteiger partial charge in [-0.2, -0.15) is 0 Å². The number of pyridine rings is 1. The molecule has 2 aromatic carbocycles. The quantitative estimate of drug-likeness (QED) is 0.282. The molecule has 2 unspecified atom stereocenters. The van der Waals surface area contributed by atoms with Crippen LogP contribution in [0.25, 0.3) is 6.08 Å². The molecule has 2 aliphatic heterocycles. The van der Waals surface area contributed by atoms with Crippen LogP contribution in [0.15, 0.2) is 103 Å². The zero-order valence-electron chi connectivity index (χ0n) is 23.0. The summed E-state index contributed by atoms with van der Waals surface area (Å²) in [4.78, 5) is 45.4. The molecular weight excluding hydrogens is 538 g/mol. The summed E-state index contributed by atoms with van der Waals surface area (Å²) in [6, 6.07) is 22.6. The molecule has 1 saturated heterocycles. The Labute approximate surface area is 243 Å². The average molecular weight is 570 g/mol. The number of hydrogen-bond donors (Lipinski definition) is 1. The van der Waals surface area contributed by atoms with Crippen LogP contribution in [0.5, 0.6) is 0 Å². The Morgan fingerprint density at radius 2 is 1.66 bits per heavy atom. The molecule has 5 rings (SSSR count). The van der Waals surface area contributed by atoms with Crippen molar-refractivity contribution in [2.45, 2.75) is 49.6 Å². The molecule has 210 valence electrons. The number of nitrogens with zero attached hydrogens (tertiary/aromatic N) is 2. The van der Waals surface area contributed by atoms with Gasteiger partial charge in [-0.05, 0) is 43.5 Å². The highest BCUT2D eigenvalue weighted by atomic mass is 32.2. The Kier molecular flexibility index (Phi) is 8.26. The van der Waals surface area contributed by atoms with Crippen molar-refractivity contribution in [1.29, 1.82) is 0 Å². The Morgan fingerprint density at radius 1 is 1.00 bits per heavy atom. The lowest BCUT2D eigenvalue weighted by molar-refractivity contribution is -0.151. The van der Waals surface area contributed by atoms with Gasteiger partial charge in [0.2, 0.25) is 5.91 Å². The van der Waals surface area contributed by atoms with Gasteiger partial charge in [0.15, 0.2) is 6.10 Å². The molecule has 0 bridgehead atoms. The smallest absolute Gasteiger partial charge is 0.408 e. The van der Waals surface area contributed by atoms with E-state index in [-0.39, 0.29) is 23.4 Å². The molecule has 2 amide bonds. The van der Waals surface area contributed by atoms with Gasteiger partial charge in [-0.3, -0.25) is 14.7 Å². The monoisotopic (exact) mass is 569 g/mol. The summed E-state index contributed by atoms with van der Waals surface area (Å²) in [5.74, 6) is -0.851. The number of β-lactam (4-membered cyclic amide) rings is 1. The number of esters is 1. The van der Waals surface area contributed by atoms with E-state index in [1.165, 1.54) is 16.7 Å². The first-order valence-electron chi connectivity index (χ1n) is 13.3. The van der Waals surface area contributed by atoms with Gasteiger partial charge in [0.1, 0.15) is 16.7 Å². The number of carbonyl (C=O) groups is 3. The van der Waals surface area contributed by atoms with Crippen LogP contribution in [-0.2, 0) is 19.1 Å². The highest BCUT2D eigenvalue weighted by Crippen LogP contribution is 2.44. The molecule has 0 spiro atoms. The lowest BCUT2D eigenvalue weighted by atomic mass is 10.0. The third-order valence-corrected chi connectivity index (χ3v) is 7.74. The van der Waals surface area contributed by atoms with E-state index in [1.807, 2.05) is 66.7 Å². The molecule has 41 heavy (non-hydrogen) atoms. The van der Waals surface area contributed by atoms with Crippen LogP contribution in [0, 0.1) is 0 Å². The van der Waals surface area contributed by atoms with E-state index in [4.69, 9.17) is 9.47 Å². The van der Waals surface area contributed by atoms with Crippen LogP contribution in [0.3, 0.4) is 0 Å². The summed E-state index contributed by atoms with van der Waals surface area (Å²) >= 11 is 1.38. The highest BCUT2D eigenvalue weighted by molar-refractivity contribution is 8.00. The second-order valence-corrected chi connectivity index (χ2v) is 11.9. The summed E-state index contributed by atoms with van der Waals surface area (Å²) in [5, 5.41) is 1.90. The molecule has 0 aliphatic carbocycles. The van der Waals surface area contributed by atoms with Gasteiger partial charge in [0.05, 0.1) is 11.8 Å². The maximum absolute atomic E-state index is 14.1. The fraction of sp³-hybridized carbons (Fsp3) is 0.250. The topological polar surface area (TPSA) is 97.8 Å². The lowest BCUT2D eigenvalue weighted by Gasteiger charge is -2.46. The van der Waals surface area contributed by atoms with Gasteiger partial charge in [-0.1, -0.05) is 78.9 Å². The van der Waals surface area contributed by atoms with Crippen molar-refractivity contribution in [3.8, 4) is 0 Å². The second kappa shape index (κ2) is 12.0. The summed E-state index contributed by atoms with van der Waals surface area (Å²) in [6.07, 6.45) is 5.78. The molecular formula is C32H31N3O5S. The Hall–Kier alpha value is -4.37. The third-order valence-electron chi connectivity index (χ3n) is 6.41. The minimum Gasteiger partial charge on any atom is -0.448 e. The maximum atomic E-state index is 14.1. The number of thioether (sulfide) groups is 1. The minimum atomic E-state index is -0.711. The summed E-state index contributed by atoms with van der Waals surface area (Å²) in [5.41, 5.74) is 2.19. The lowest BCUT2D eigenvalue weighted by Crippen LogP contribution is -2.57. The number of alkyl carbamates (subject to hydrolysis) is 1. The van der Waals surface area contributed by atoms with Crippen molar-refractivity contribution >= 4 is 35.8 Å². The number of benzene rings is 2. The van der Waals surface area contributed by atoms with Crippen LogP contribution >= 0.6 is 11.8 Å². The van der Waals surface area contributed by atoms with E-state index in [0.717, 1.165) is 16.7 Å². The van der Waals surface area contributed by atoms with Crippen molar-refractivity contribution in [2.75, 3.05) is 0 Å². The molecule has 0 radical (unpaired) electrons. The Bertz CT molecular complexity index is 1430. The van der Waals surface area contributed by atoms with Crippen molar-refractivity contribution in [2.24, 2.45) is 0 Å². The van der Waals surface area contributed by atoms with Gasteiger partial charge >= 0.3 is 12.1 Å². The van der Waals surface area contributed by atoms with Crippen molar-refractivity contribution in [3.05, 3.63) is 119 Å². The second-order valence-electron chi connectivity index (χ2n) is 10.6. The van der Waals surface area contributed by atoms with Gasteiger partial charge in [-0.25, -0.2) is 9.59 Å². The standard InChI is InChI=1S/C32H31N3O5S/c1-32(2,3)40-31(38)34-29-24(17-16-21-11-10-18-33-20-21)27(35-25(36)19-26(35)41-29)30(37)39-28(22-12-6-4-7-13-22)23-14-8-5-9-15-23/h4-18,20,26,28-29H,19H2,1-3H3,(H,34,38)/b17-16-. The molecule has 0 saturated carbocycles. The molecule has 2 aliphatic rings. The minimum absolute atomic E-state index is 0.100. The zero-order chi connectivity index (χ0) is 29.0. The number of rotatable bonds is 7. The molecule has 1 fully saturated rings. The van der Waals surface area contributed by atoms with E-state index in [1.54, 1.807) is 51.4 Å². The van der Waals surface area contributed by atoms with Crippen molar-refractivity contribution in [1.82, 2.24) is 15.2 Å². The van der Waals surface area contributed by atoms with Gasteiger partial charge in [0.25, 0.3) is 0 Å². The summed E-state index contributed by atoms with van der Waals surface area (Å²) < 4.78 is 11.7. The van der Waals surface area contributed by atoms with Gasteiger partial charge in [0, 0.05) is 18.0 Å². The number of carbonyl (C=O) groups excluding carboxylic acids is 3. The number of amides is 2. The van der Waals surface area contributed by atoms with E-state index in [2.05, 4.69) is 10.3 Å². The van der Waals surface area contributed by atoms with E-state index in [0.29, 0.717) is 5.57 Å². The highest BCUT2D eigenvalue weighted by Gasteiger charge is 2.49. The van der Waals surface area contributed by atoms with Crippen LogP contribution in [-0.4, -0.2) is 44.2 Å². The van der Waals surface area contributed by atoms with Crippen molar-refractivity contribution < 1.29 is 23.9 Å². The number of hydrogen-bond acceptors (Lipinski definition) is 7. The van der Waals surface area contributed by atoms with Crippen LogP contribution in [0.1, 0.15) is 50.0 Å². The van der Waals surface area contributed by atoms with E-state index in [9.17, 15) is 14.4 Å². The normalized spacial score (nSPS) is 18.6. The molecule has 9 heteroatoms. The van der Waals surface area contributed by atoms with Crippen LogP contribution in [0.2, 0.25) is 0 Å². The number of fused-ring (bicyclic) bond motifs is 1. The molecule has 1 N–H and O–H groups in total. The predicted molar refractivity (Wildman–Crippen MR) is 157 cm³/mol. The molecule has 1 aromatic heterocycles. The molecule has 3 aromatic rings. The molecule has 2 atom stereocenters. The molecule has 3 heterocycles. The zero-order valence-corrected chi connectivity index (χ0v) is 23.8. The fourth-order valence-electron chi connectivity index (χ4n) is 4.57. The first kappa shape index (κ1) is 28.2. The largest absolute Gasteiger partial charge is 0.448 e. The van der Waals surface area contributed by atoms with Crippen LogP contribution in [0.4, 0.5) is 4.79 Å². The number of ether oxygens (including phenoxy) is 2. The van der Waals surface area contributed by atoms with Gasteiger partial charge in [-0.15, -0.1) is 11.8 Å². The first-order chi connectivity index (χ1) is 19.7. The maximum Gasteiger partial charge on any atom is 0.408 e.